The fourth-order valence-corrected chi connectivity index (χ4v) is 1.42. The third-order valence-electron chi connectivity index (χ3n) is 2.84. The number of hydrogen-bond acceptors (Lipinski definition) is 3. The van der Waals surface area contributed by atoms with E-state index in [9.17, 15) is 5.11 Å². The number of hydrogen-bond donors (Lipinski definition) is 1. The number of methoxy groups -OCH3 is 1. The van der Waals surface area contributed by atoms with Crippen LogP contribution in [0.1, 0.15) is 25.5 Å². The van der Waals surface area contributed by atoms with Crippen LogP contribution in [0.25, 0.3) is 0 Å². The third-order valence-corrected chi connectivity index (χ3v) is 2.84. The lowest BCUT2D eigenvalue weighted by Crippen LogP contribution is -2.30. The molecular formula is C13H21NO2. The molecule has 16 heavy (non-hydrogen) atoms. The Kier molecular flexibility index (Phi) is 4.77. The van der Waals surface area contributed by atoms with E-state index in [1.807, 2.05) is 31.3 Å². The normalized spacial score (nSPS) is 13.2. The van der Waals surface area contributed by atoms with E-state index in [2.05, 4.69) is 18.7 Å². The summed E-state index contributed by atoms with van der Waals surface area (Å²) in [5.74, 6) is 0.813. The van der Waals surface area contributed by atoms with Crippen molar-refractivity contribution in [1.82, 2.24) is 4.90 Å². The van der Waals surface area contributed by atoms with Gasteiger partial charge in [-0.2, -0.15) is 0 Å². The van der Waals surface area contributed by atoms with Gasteiger partial charge in [0.25, 0.3) is 0 Å². The van der Waals surface area contributed by atoms with Crippen LogP contribution in [0.2, 0.25) is 0 Å². The molecule has 0 bridgehead atoms. The van der Waals surface area contributed by atoms with Gasteiger partial charge in [0.2, 0.25) is 0 Å². The van der Waals surface area contributed by atoms with Crippen molar-refractivity contribution in [1.29, 1.82) is 0 Å². The van der Waals surface area contributed by atoms with Gasteiger partial charge >= 0.3 is 0 Å². The van der Waals surface area contributed by atoms with Crippen LogP contribution in [0.5, 0.6) is 5.75 Å². The molecule has 0 amide bonds. The second-order valence-corrected chi connectivity index (χ2v) is 4.32. The van der Waals surface area contributed by atoms with E-state index in [-0.39, 0.29) is 0 Å². The highest BCUT2D eigenvalue weighted by Gasteiger charge is 2.12. The van der Waals surface area contributed by atoms with Crippen molar-refractivity contribution in [2.75, 3.05) is 20.7 Å². The van der Waals surface area contributed by atoms with Gasteiger partial charge < -0.3 is 14.7 Å². The SMILES string of the molecule is COc1ccc(C(O)CN(C)C(C)C)cc1. The van der Waals surface area contributed by atoms with Gasteiger partial charge in [-0.1, -0.05) is 12.1 Å². The largest absolute Gasteiger partial charge is 0.497 e. The predicted octanol–water partition coefficient (Wildman–Crippen LogP) is 2.07. The molecule has 0 aliphatic heterocycles. The first-order valence-electron chi connectivity index (χ1n) is 5.57. The average Bonchev–Trinajstić information content (AvgIpc) is 2.28. The van der Waals surface area contributed by atoms with E-state index in [0.717, 1.165) is 11.3 Å². The summed E-state index contributed by atoms with van der Waals surface area (Å²) in [6.07, 6.45) is -0.446. The Morgan fingerprint density at radius 1 is 1.25 bits per heavy atom. The first-order valence-corrected chi connectivity index (χ1v) is 5.57. The molecule has 3 nitrogen and oxygen atoms in total. The highest BCUT2D eigenvalue weighted by Crippen LogP contribution is 2.18. The lowest BCUT2D eigenvalue weighted by molar-refractivity contribution is 0.112. The maximum atomic E-state index is 10.0. The van der Waals surface area contributed by atoms with E-state index in [1.54, 1.807) is 7.11 Å². The molecule has 0 aromatic heterocycles. The van der Waals surface area contributed by atoms with E-state index >= 15 is 0 Å². The monoisotopic (exact) mass is 223 g/mol. The lowest BCUT2D eigenvalue weighted by Gasteiger charge is -2.24. The molecule has 1 aromatic carbocycles. The summed E-state index contributed by atoms with van der Waals surface area (Å²) in [6, 6.07) is 7.98. The standard InChI is InChI=1S/C13H21NO2/c1-10(2)14(3)9-13(15)11-5-7-12(16-4)8-6-11/h5-8,10,13,15H,9H2,1-4H3. The fourth-order valence-electron chi connectivity index (χ4n) is 1.42. The fraction of sp³-hybridized carbons (Fsp3) is 0.538. The Hall–Kier alpha value is -1.06. The number of benzene rings is 1. The van der Waals surface area contributed by atoms with Gasteiger partial charge in [0, 0.05) is 12.6 Å². The zero-order valence-corrected chi connectivity index (χ0v) is 10.5. The molecule has 0 saturated carbocycles. The second kappa shape index (κ2) is 5.87. The lowest BCUT2D eigenvalue weighted by atomic mass is 10.1. The summed E-state index contributed by atoms with van der Waals surface area (Å²) in [6.45, 7) is 4.87. The molecule has 0 radical (unpaired) electrons. The minimum absolute atomic E-state index is 0.438. The molecular weight excluding hydrogens is 202 g/mol. The van der Waals surface area contributed by atoms with Crippen molar-refractivity contribution < 1.29 is 9.84 Å². The highest BCUT2D eigenvalue weighted by molar-refractivity contribution is 5.28. The topological polar surface area (TPSA) is 32.7 Å². The third kappa shape index (κ3) is 3.51. The first-order chi connectivity index (χ1) is 7.54. The zero-order chi connectivity index (χ0) is 12.1. The molecule has 1 atom stereocenters. The molecule has 1 N–H and O–H groups in total. The smallest absolute Gasteiger partial charge is 0.118 e. The van der Waals surface area contributed by atoms with Crippen LogP contribution >= 0.6 is 0 Å². The number of aliphatic hydroxyl groups excluding tert-OH is 1. The molecule has 1 unspecified atom stereocenters. The Morgan fingerprint density at radius 2 is 1.81 bits per heavy atom. The minimum Gasteiger partial charge on any atom is -0.497 e. The molecule has 0 spiro atoms. The number of rotatable bonds is 5. The summed E-state index contributed by atoms with van der Waals surface area (Å²) in [5.41, 5.74) is 0.924. The van der Waals surface area contributed by atoms with E-state index in [1.165, 1.54) is 0 Å². The zero-order valence-electron chi connectivity index (χ0n) is 10.5. The maximum Gasteiger partial charge on any atom is 0.118 e. The average molecular weight is 223 g/mol. The molecule has 0 heterocycles. The van der Waals surface area contributed by atoms with Crippen molar-refractivity contribution in [3.63, 3.8) is 0 Å². The van der Waals surface area contributed by atoms with Crippen molar-refractivity contribution in [3.05, 3.63) is 29.8 Å². The van der Waals surface area contributed by atoms with Crippen molar-refractivity contribution in [2.45, 2.75) is 26.0 Å². The number of likely N-dealkylation sites (N-methyl/N-ethyl adjacent to an activating group) is 1. The van der Waals surface area contributed by atoms with Crippen LogP contribution in [0, 0.1) is 0 Å². The summed E-state index contributed by atoms with van der Waals surface area (Å²) in [7, 11) is 3.65. The van der Waals surface area contributed by atoms with E-state index in [4.69, 9.17) is 4.74 Å². The molecule has 0 aliphatic carbocycles. The molecule has 1 rings (SSSR count). The van der Waals surface area contributed by atoms with Gasteiger partial charge in [-0.05, 0) is 38.6 Å². The number of aliphatic hydroxyl groups is 1. The van der Waals surface area contributed by atoms with Crippen LogP contribution in [0.4, 0.5) is 0 Å². The van der Waals surface area contributed by atoms with E-state index < -0.39 is 6.10 Å². The van der Waals surface area contributed by atoms with Crippen molar-refractivity contribution >= 4 is 0 Å². The molecule has 0 fully saturated rings. The van der Waals surface area contributed by atoms with Crippen LogP contribution in [0.3, 0.4) is 0 Å². The molecule has 0 aliphatic rings. The Bertz CT molecular complexity index is 308. The van der Waals surface area contributed by atoms with Crippen LogP contribution in [-0.4, -0.2) is 36.8 Å². The van der Waals surface area contributed by atoms with E-state index in [0.29, 0.717) is 12.6 Å². The summed E-state index contributed by atoms with van der Waals surface area (Å²) in [5, 5.41) is 10.0. The maximum absolute atomic E-state index is 10.0. The number of ether oxygens (including phenoxy) is 1. The highest BCUT2D eigenvalue weighted by atomic mass is 16.5. The molecule has 90 valence electrons. The predicted molar refractivity (Wildman–Crippen MR) is 65.7 cm³/mol. The first kappa shape index (κ1) is 13.0. The van der Waals surface area contributed by atoms with Gasteiger partial charge in [0.05, 0.1) is 13.2 Å². The second-order valence-electron chi connectivity index (χ2n) is 4.32. The van der Waals surface area contributed by atoms with Crippen LogP contribution in [0.15, 0.2) is 24.3 Å². The summed E-state index contributed by atoms with van der Waals surface area (Å²) >= 11 is 0. The number of nitrogens with zero attached hydrogens (tertiary/aromatic N) is 1. The van der Waals surface area contributed by atoms with Crippen molar-refractivity contribution in [3.8, 4) is 5.75 Å². The Labute approximate surface area is 97.7 Å². The summed E-state index contributed by atoms with van der Waals surface area (Å²) < 4.78 is 5.08. The van der Waals surface area contributed by atoms with Gasteiger partial charge in [0.15, 0.2) is 0 Å². The minimum atomic E-state index is -0.446. The van der Waals surface area contributed by atoms with Gasteiger partial charge in [-0.25, -0.2) is 0 Å². The summed E-state index contributed by atoms with van der Waals surface area (Å²) in [4.78, 5) is 2.12. The van der Waals surface area contributed by atoms with Crippen molar-refractivity contribution in [2.24, 2.45) is 0 Å². The molecule has 3 heteroatoms. The van der Waals surface area contributed by atoms with Crippen LogP contribution in [-0.2, 0) is 0 Å². The Balaban J connectivity index is 2.62. The van der Waals surface area contributed by atoms with Gasteiger partial charge in [0.1, 0.15) is 5.75 Å². The van der Waals surface area contributed by atoms with Crippen LogP contribution < -0.4 is 4.74 Å². The molecule has 1 aromatic rings. The quantitative estimate of drug-likeness (QED) is 0.829. The molecule has 0 saturated heterocycles. The Morgan fingerprint density at radius 3 is 2.25 bits per heavy atom. The van der Waals surface area contributed by atoms with Gasteiger partial charge in [-0.3, -0.25) is 0 Å². The van der Waals surface area contributed by atoms with Gasteiger partial charge in [-0.15, -0.1) is 0 Å².